The van der Waals surface area contributed by atoms with Gasteiger partial charge in [0, 0.05) is 22.6 Å². The van der Waals surface area contributed by atoms with E-state index in [0.717, 1.165) is 23.5 Å². The molecule has 1 fully saturated rings. The number of methoxy groups -OCH3 is 1. The van der Waals surface area contributed by atoms with Crippen molar-refractivity contribution in [2.45, 2.75) is 30.2 Å². The summed E-state index contributed by atoms with van der Waals surface area (Å²) < 4.78 is 18.4. The Labute approximate surface area is 186 Å². The van der Waals surface area contributed by atoms with E-state index in [0.29, 0.717) is 17.7 Å². The quantitative estimate of drug-likeness (QED) is 0.496. The summed E-state index contributed by atoms with van der Waals surface area (Å²) in [6.07, 6.45) is 0.652. The smallest absolute Gasteiger partial charge is 0.124 e. The van der Waals surface area contributed by atoms with Gasteiger partial charge in [0.2, 0.25) is 0 Å². The average molecular weight is 440 g/mol. The van der Waals surface area contributed by atoms with Gasteiger partial charge in [-0.15, -0.1) is 11.8 Å². The van der Waals surface area contributed by atoms with Gasteiger partial charge in [-0.05, 0) is 54.8 Å². The Morgan fingerprint density at radius 2 is 1.84 bits per heavy atom. The minimum atomic E-state index is -0.655. The van der Waals surface area contributed by atoms with Crippen LogP contribution in [0.4, 0.5) is 10.1 Å². The van der Waals surface area contributed by atoms with Crippen molar-refractivity contribution < 1.29 is 19.3 Å². The minimum Gasteiger partial charge on any atom is -0.507 e. The highest BCUT2D eigenvalue weighted by Gasteiger charge is 2.37. The SMILES string of the molecule is COc1ccc(C2C(CCC(O)c3ccc(F)cc3)SCN2c2ccccc2)c(O)c1. The Bertz CT molecular complexity index is 999. The van der Waals surface area contributed by atoms with E-state index in [1.807, 2.05) is 42.1 Å². The molecule has 1 heterocycles. The number of benzene rings is 3. The molecule has 4 nitrogen and oxygen atoms in total. The van der Waals surface area contributed by atoms with Gasteiger partial charge in [-0.3, -0.25) is 0 Å². The van der Waals surface area contributed by atoms with Crippen molar-refractivity contribution in [1.82, 2.24) is 0 Å². The maximum Gasteiger partial charge on any atom is 0.124 e. The van der Waals surface area contributed by atoms with E-state index in [-0.39, 0.29) is 22.9 Å². The van der Waals surface area contributed by atoms with Gasteiger partial charge >= 0.3 is 0 Å². The van der Waals surface area contributed by atoms with E-state index in [9.17, 15) is 14.6 Å². The van der Waals surface area contributed by atoms with Crippen molar-refractivity contribution in [3.05, 3.63) is 89.7 Å². The van der Waals surface area contributed by atoms with Crippen LogP contribution in [0.2, 0.25) is 0 Å². The summed E-state index contributed by atoms with van der Waals surface area (Å²) in [5.41, 5.74) is 2.65. The molecule has 1 aliphatic rings. The second kappa shape index (κ2) is 9.62. The highest BCUT2D eigenvalue weighted by Crippen LogP contribution is 2.47. The van der Waals surface area contributed by atoms with Crippen LogP contribution < -0.4 is 9.64 Å². The van der Waals surface area contributed by atoms with Gasteiger partial charge in [-0.1, -0.05) is 30.3 Å². The highest BCUT2D eigenvalue weighted by molar-refractivity contribution is 8.00. The molecular formula is C25H26FNO3S. The van der Waals surface area contributed by atoms with Crippen LogP contribution in [0.5, 0.6) is 11.5 Å². The summed E-state index contributed by atoms with van der Waals surface area (Å²) in [6.45, 7) is 0. The number of phenolic OH excluding ortho intramolecular Hbond substituents is 1. The lowest BCUT2D eigenvalue weighted by molar-refractivity contribution is 0.163. The maximum atomic E-state index is 13.2. The second-order valence-electron chi connectivity index (χ2n) is 7.65. The molecule has 2 N–H and O–H groups in total. The average Bonchev–Trinajstić information content (AvgIpc) is 3.22. The van der Waals surface area contributed by atoms with Gasteiger partial charge in [0.15, 0.2) is 0 Å². The fourth-order valence-electron chi connectivity index (χ4n) is 4.09. The third kappa shape index (κ3) is 4.81. The number of aromatic hydroxyl groups is 1. The fourth-order valence-corrected chi connectivity index (χ4v) is 5.53. The molecule has 1 saturated heterocycles. The first-order chi connectivity index (χ1) is 15.1. The minimum absolute atomic E-state index is 0.0428. The summed E-state index contributed by atoms with van der Waals surface area (Å²) in [5.74, 6) is 1.30. The Kier molecular flexibility index (Phi) is 6.68. The summed E-state index contributed by atoms with van der Waals surface area (Å²) in [7, 11) is 1.58. The van der Waals surface area contributed by atoms with Crippen LogP contribution in [0, 0.1) is 5.82 Å². The summed E-state index contributed by atoms with van der Waals surface area (Å²) in [6, 6.07) is 21.6. The van der Waals surface area contributed by atoms with Crippen LogP contribution >= 0.6 is 11.8 Å². The molecule has 3 unspecified atom stereocenters. The van der Waals surface area contributed by atoms with Gasteiger partial charge in [-0.2, -0.15) is 0 Å². The third-order valence-corrected chi connectivity index (χ3v) is 7.09. The van der Waals surface area contributed by atoms with E-state index < -0.39 is 6.10 Å². The van der Waals surface area contributed by atoms with E-state index >= 15 is 0 Å². The summed E-state index contributed by atoms with van der Waals surface area (Å²) in [4.78, 5) is 2.29. The first-order valence-electron chi connectivity index (χ1n) is 10.3. The van der Waals surface area contributed by atoms with Gasteiger partial charge in [-0.25, -0.2) is 4.39 Å². The van der Waals surface area contributed by atoms with E-state index in [1.54, 1.807) is 25.3 Å². The molecule has 162 valence electrons. The van der Waals surface area contributed by atoms with Crippen molar-refractivity contribution in [1.29, 1.82) is 0 Å². The number of aliphatic hydroxyl groups is 1. The molecule has 31 heavy (non-hydrogen) atoms. The molecule has 0 aromatic heterocycles. The monoisotopic (exact) mass is 439 g/mol. The molecule has 3 atom stereocenters. The largest absolute Gasteiger partial charge is 0.507 e. The van der Waals surface area contributed by atoms with Crippen LogP contribution in [0.25, 0.3) is 0 Å². The maximum absolute atomic E-state index is 13.2. The second-order valence-corrected chi connectivity index (χ2v) is 8.85. The zero-order chi connectivity index (χ0) is 21.8. The molecular weight excluding hydrogens is 413 g/mol. The number of hydrogen-bond donors (Lipinski definition) is 2. The summed E-state index contributed by atoms with van der Waals surface area (Å²) >= 11 is 1.82. The molecule has 0 saturated carbocycles. The fraction of sp³-hybridized carbons (Fsp3) is 0.280. The number of nitrogens with zero attached hydrogens (tertiary/aromatic N) is 1. The summed E-state index contributed by atoms with van der Waals surface area (Å²) in [5, 5.41) is 21.5. The van der Waals surface area contributed by atoms with E-state index in [4.69, 9.17) is 4.74 Å². The molecule has 3 aromatic carbocycles. The Hall–Kier alpha value is -2.70. The Balaban J connectivity index is 1.58. The lowest BCUT2D eigenvalue weighted by Crippen LogP contribution is -2.27. The standard InChI is InChI=1S/C25H26FNO3S/c1-30-20-11-12-21(23(29)15-20)25-24(31-16-27(25)19-5-3-2-4-6-19)14-13-22(28)17-7-9-18(26)10-8-17/h2-12,15,22,24-25,28-29H,13-14,16H2,1H3. The van der Waals surface area contributed by atoms with Crippen molar-refractivity contribution in [2.75, 3.05) is 17.9 Å². The van der Waals surface area contributed by atoms with Crippen molar-refractivity contribution in [3.63, 3.8) is 0 Å². The van der Waals surface area contributed by atoms with Gasteiger partial charge in [0.1, 0.15) is 17.3 Å². The van der Waals surface area contributed by atoms with Crippen LogP contribution in [0.1, 0.15) is 36.1 Å². The van der Waals surface area contributed by atoms with E-state index in [1.165, 1.54) is 12.1 Å². The number of halogens is 1. The number of rotatable bonds is 7. The van der Waals surface area contributed by atoms with Gasteiger partial charge < -0.3 is 19.8 Å². The highest BCUT2D eigenvalue weighted by atomic mass is 32.2. The van der Waals surface area contributed by atoms with Crippen LogP contribution in [0.15, 0.2) is 72.8 Å². The molecule has 1 aliphatic heterocycles. The molecule has 0 bridgehead atoms. The predicted molar refractivity (Wildman–Crippen MR) is 123 cm³/mol. The van der Waals surface area contributed by atoms with Crippen LogP contribution in [0.3, 0.4) is 0 Å². The number of para-hydroxylation sites is 1. The molecule has 3 aromatic rings. The van der Waals surface area contributed by atoms with E-state index in [2.05, 4.69) is 17.0 Å². The zero-order valence-corrected chi connectivity index (χ0v) is 18.1. The Morgan fingerprint density at radius 3 is 2.52 bits per heavy atom. The van der Waals surface area contributed by atoms with Gasteiger partial charge in [0.25, 0.3) is 0 Å². The Morgan fingerprint density at radius 1 is 1.10 bits per heavy atom. The predicted octanol–water partition coefficient (Wildman–Crippen LogP) is 5.67. The molecule has 4 rings (SSSR count). The number of anilines is 1. The number of phenols is 1. The number of aliphatic hydroxyl groups excluding tert-OH is 1. The van der Waals surface area contributed by atoms with Crippen LogP contribution in [-0.2, 0) is 0 Å². The number of thioether (sulfide) groups is 1. The first-order valence-corrected chi connectivity index (χ1v) is 11.4. The molecule has 0 spiro atoms. The molecule has 0 amide bonds. The number of hydrogen-bond acceptors (Lipinski definition) is 5. The lowest BCUT2D eigenvalue weighted by Gasteiger charge is -2.30. The normalized spacial score (nSPS) is 19.4. The van der Waals surface area contributed by atoms with Crippen molar-refractivity contribution in [2.24, 2.45) is 0 Å². The number of ether oxygens (including phenoxy) is 1. The molecule has 0 radical (unpaired) electrons. The lowest BCUT2D eigenvalue weighted by atomic mass is 9.95. The first kappa shape index (κ1) is 21.5. The molecule has 6 heteroatoms. The third-order valence-electron chi connectivity index (χ3n) is 5.74. The zero-order valence-electron chi connectivity index (χ0n) is 17.3. The topological polar surface area (TPSA) is 52.9 Å². The van der Waals surface area contributed by atoms with Crippen molar-refractivity contribution >= 4 is 17.4 Å². The van der Waals surface area contributed by atoms with Gasteiger partial charge in [0.05, 0.1) is 25.1 Å². The van der Waals surface area contributed by atoms with Crippen LogP contribution in [-0.4, -0.2) is 28.4 Å². The van der Waals surface area contributed by atoms with Crippen molar-refractivity contribution in [3.8, 4) is 11.5 Å². The molecule has 0 aliphatic carbocycles.